The van der Waals surface area contributed by atoms with Crippen LogP contribution in [-0.4, -0.2) is 23.5 Å². The number of carbonyl (C=O) groups excluding carboxylic acids is 1. The van der Waals surface area contributed by atoms with E-state index in [1.807, 2.05) is 30.3 Å². The van der Waals surface area contributed by atoms with Gasteiger partial charge in [0.2, 0.25) is 5.91 Å². The van der Waals surface area contributed by atoms with Crippen LogP contribution in [0, 0.1) is 0 Å². The van der Waals surface area contributed by atoms with Gasteiger partial charge >= 0.3 is 12.1 Å². The van der Waals surface area contributed by atoms with E-state index in [1.165, 1.54) is 6.07 Å². The van der Waals surface area contributed by atoms with E-state index in [0.29, 0.717) is 19.0 Å². The third-order valence-electron chi connectivity index (χ3n) is 3.83. The smallest absolute Gasteiger partial charge is 0.417 e. The lowest BCUT2D eigenvalue weighted by Gasteiger charge is -2.14. The molecule has 26 heavy (non-hydrogen) atoms. The quantitative estimate of drug-likeness (QED) is 0.736. The summed E-state index contributed by atoms with van der Waals surface area (Å²) in [6, 6.07) is 12.7. The van der Waals surface area contributed by atoms with Gasteiger partial charge in [-0.1, -0.05) is 42.5 Å². The van der Waals surface area contributed by atoms with Crippen molar-refractivity contribution < 1.29 is 27.9 Å². The summed E-state index contributed by atoms with van der Waals surface area (Å²) < 4.78 is 38.9. The van der Waals surface area contributed by atoms with Gasteiger partial charge in [0, 0.05) is 6.54 Å². The van der Waals surface area contributed by atoms with Gasteiger partial charge in [-0.3, -0.25) is 4.79 Å². The Kier molecular flexibility index (Phi) is 6.38. The zero-order chi connectivity index (χ0) is 19.2. The van der Waals surface area contributed by atoms with Crippen LogP contribution in [0.4, 0.5) is 13.2 Å². The molecule has 0 aliphatic rings. The number of hydrogen-bond donors (Lipinski definition) is 2. The molecule has 2 aromatic rings. The lowest BCUT2D eigenvalue weighted by atomic mass is 9.98. The molecule has 0 saturated heterocycles. The maximum atomic E-state index is 13.0. The van der Waals surface area contributed by atoms with Crippen LogP contribution < -0.4 is 5.32 Å². The predicted molar refractivity (Wildman–Crippen MR) is 89.9 cm³/mol. The van der Waals surface area contributed by atoms with Gasteiger partial charge in [-0.2, -0.15) is 13.2 Å². The number of rotatable bonds is 7. The van der Waals surface area contributed by atoms with Gasteiger partial charge in [0.15, 0.2) is 0 Å². The van der Waals surface area contributed by atoms with Crippen LogP contribution in [0.15, 0.2) is 48.5 Å². The summed E-state index contributed by atoms with van der Waals surface area (Å²) in [5.41, 5.74) is -1.17. The minimum absolute atomic E-state index is 0.159. The number of carboxylic acids is 1. The Morgan fingerprint density at radius 2 is 1.69 bits per heavy atom. The topological polar surface area (TPSA) is 66.4 Å². The van der Waals surface area contributed by atoms with Crippen LogP contribution in [0.25, 0.3) is 0 Å². The fraction of sp³-hybridized carbons (Fsp3) is 0.263. The maximum absolute atomic E-state index is 13.0. The summed E-state index contributed by atoms with van der Waals surface area (Å²) in [5, 5.41) is 11.7. The Bertz CT molecular complexity index is 773. The minimum atomic E-state index is -4.80. The van der Waals surface area contributed by atoms with Crippen LogP contribution in [0.1, 0.15) is 33.5 Å². The first-order valence-electron chi connectivity index (χ1n) is 8.02. The van der Waals surface area contributed by atoms with Crippen LogP contribution in [0.2, 0.25) is 0 Å². The Morgan fingerprint density at radius 1 is 1.00 bits per heavy atom. The molecule has 0 bridgehead atoms. The van der Waals surface area contributed by atoms with Gasteiger partial charge in [-0.25, -0.2) is 4.79 Å². The highest BCUT2D eigenvalue weighted by Gasteiger charge is 2.36. The van der Waals surface area contributed by atoms with Crippen LogP contribution in [0.3, 0.4) is 0 Å². The molecule has 2 rings (SSSR count). The van der Waals surface area contributed by atoms with E-state index < -0.39 is 35.6 Å². The number of alkyl halides is 3. The molecule has 1 amide bonds. The van der Waals surface area contributed by atoms with Crippen LogP contribution >= 0.6 is 0 Å². The van der Waals surface area contributed by atoms with E-state index in [-0.39, 0.29) is 5.56 Å². The molecule has 0 spiro atoms. The molecule has 0 radical (unpaired) electrons. The van der Waals surface area contributed by atoms with Crippen molar-refractivity contribution in [2.45, 2.75) is 25.4 Å². The predicted octanol–water partition coefficient (Wildman–Crippen LogP) is 3.70. The number of aromatic carboxylic acids is 1. The van der Waals surface area contributed by atoms with Crippen LogP contribution in [0.5, 0.6) is 0 Å². The Balaban J connectivity index is 1.97. The molecule has 0 atom stereocenters. The Morgan fingerprint density at radius 3 is 2.31 bits per heavy atom. The number of hydrogen-bond acceptors (Lipinski definition) is 2. The van der Waals surface area contributed by atoms with E-state index in [1.54, 1.807) is 0 Å². The summed E-state index contributed by atoms with van der Waals surface area (Å²) in [5.74, 6) is -2.22. The molecule has 2 aromatic carbocycles. The van der Waals surface area contributed by atoms with E-state index >= 15 is 0 Å². The Hall–Kier alpha value is -2.83. The third-order valence-corrected chi connectivity index (χ3v) is 3.83. The normalized spacial score (nSPS) is 11.2. The van der Waals surface area contributed by atoms with E-state index in [4.69, 9.17) is 5.11 Å². The number of carbonyl (C=O) groups is 2. The zero-order valence-electron chi connectivity index (χ0n) is 13.8. The van der Waals surface area contributed by atoms with Crippen molar-refractivity contribution >= 4 is 11.9 Å². The second-order valence-corrected chi connectivity index (χ2v) is 5.76. The largest absolute Gasteiger partial charge is 0.478 e. The van der Waals surface area contributed by atoms with E-state index in [9.17, 15) is 22.8 Å². The first kappa shape index (κ1) is 19.5. The van der Waals surface area contributed by atoms with Gasteiger partial charge in [0.1, 0.15) is 0 Å². The number of aryl methyl sites for hydroxylation is 1. The molecule has 4 nitrogen and oxygen atoms in total. The summed E-state index contributed by atoms with van der Waals surface area (Å²) >= 11 is 0. The molecule has 0 aliphatic carbocycles. The van der Waals surface area contributed by atoms with Crippen LogP contribution in [-0.2, 0) is 23.8 Å². The fourth-order valence-electron chi connectivity index (χ4n) is 2.64. The number of halogens is 3. The van der Waals surface area contributed by atoms with Crippen molar-refractivity contribution in [2.24, 2.45) is 0 Å². The van der Waals surface area contributed by atoms with Crippen molar-refractivity contribution in [3.63, 3.8) is 0 Å². The molecule has 0 saturated carbocycles. The minimum Gasteiger partial charge on any atom is -0.478 e. The molecule has 0 unspecified atom stereocenters. The first-order valence-corrected chi connectivity index (χ1v) is 8.02. The molecule has 7 heteroatoms. The molecular formula is C19H18F3NO3. The average molecular weight is 365 g/mol. The highest BCUT2D eigenvalue weighted by molar-refractivity contribution is 5.93. The molecule has 2 N–H and O–H groups in total. The SMILES string of the molecule is O=C(Cc1cccc(C(F)(F)F)c1C(=O)O)NCCCc1ccccc1. The van der Waals surface area contributed by atoms with Gasteiger partial charge in [-0.15, -0.1) is 0 Å². The number of carboxylic acid groups (broad SMARTS) is 1. The van der Waals surface area contributed by atoms with Crippen molar-refractivity contribution in [1.29, 1.82) is 0 Å². The number of nitrogens with one attached hydrogen (secondary N) is 1. The van der Waals surface area contributed by atoms with Gasteiger partial charge < -0.3 is 10.4 Å². The highest BCUT2D eigenvalue weighted by atomic mass is 19.4. The Labute approximate surface area is 148 Å². The average Bonchev–Trinajstić information content (AvgIpc) is 2.58. The second kappa shape index (κ2) is 8.51. The summed E-state index contributed by atoms with van der Waals surface area (Å²) in [6.07, 6.45) is -3.79. The number of amides is 1. The van der Waals surface area contributed by atoms with Gasteiger partial charge in [0.05, 0.1) is 17.5 Å². The molecule has 0 fully saturated rings. The monoisotopic (exact) mass is 365 g/mol. The highest BCUT2D eigenvalue weighted by Crippen LogP contribution is 2.33. The molecular weight excluding hydrogens is 347 g/mol. The molecule has 0 aliphatic heterocycles. The van der Waals surface area contributed by atoms with E-state index in [0.717, 1.165) is 18.1 Å². The molecule has 0 aromatic heterocycles. The maximum Gasteiger partial charge on any atom is 0.417 e. The van der Waals surface area contributed by atoms with Gasteiger partial charge in [0.25, 0.3) is 0 Å². The van der Waals surface area contributed by atoms with Crippen molar-refractivity contribution in [2.75, 3.05) is 6.54 Å². The van der Waals surface area contributed by atoms with Crippen molar-refractivity contribution in [3.8, 4) is 0 Å². The number of benzene rings is 2. The standard InChI is InChI=1S/C19H18F3NO3/c20-19(21,22)15-10-4-9-14(17(15)18(25)26)12-16(24)23-11-5-8-13-6-2-1-3-7-13/h1-4,6-7,9-10H,5,8,11-12H2,(H,23,24)(H,25,26). The summed E-state index contributed by atoms with van der Waals surface area (Å²) in [6.45, 7) is 0.356. The van der Waals surface area contributed by atoms with Gasteiger partial charge in [-0.05, 0) is 30.0 Å². The fourth-order valence-corrected chi connectivity index (χ4v) is 2.64. The summed E-state index contributed by atoms with van der Waals surface area (Å²) in [4.78, 5) is 23.2. The summed E-state index contributed by atoms with van der Waals surface area (Å²) in [7, 11) is 0. The molecule has 138 valence electrons. The van der Waals surface area contributed by atoms with Crippen molar-refractivity contribution in [1.82, 2.24) is 5.32 Å². The third kappa shape index (κ3) is 5.34. The second-order valence-electron chi connectivity index (χ2n) is 5.76. The lowest BCUT2D eigenvalue weighted by Crippen LogP contribution is -2.27. The zero-order valence-corrected chi connectivity index (χ0v) is 13.8. The molecule has 0 heterocycles. The van der Waals surface area contributed by atoms with Crippen molar-refractivity contribution in [3.05, 3.63) is 70.8 Å². The first-order chi connectivity index (χ1) is 12.3. The van der Waals surface area contributed by atoms with E-state index in [2.05, 4.69) is 5.32 Å². The lowest BCUT2D eigenvalue weighted by molar-refractivity contribution is -0.138.